The second kappa shape index (κ2) is 10.2. The average Bonchev–Trinajstić information content (AvgIpc) is 3.24. The third-order valence-corrected chi connectivity index (χ3v) is 4.09. The Kier molecular flexibility index (Phi) is 7.10. The summed E-state index contributed by atoms with van der Waals surface area (Å²) >= 11 is 0. The molecule has 3 aromatic rings. The molecule has 0 fully saturated rings. The molecule has 3 rings (SSSR count). The van der Waals surface area contributed by atoms with Crippen LogP contribution in [0.2, 0.25) is 0 Å². The molecule has 2 amide bonds. The van der Waals surface area contributed by atoms with Gasteiger partial charge in [0.2, 0.25) is 5.91 Å². The van der Waals surface area contributed by atoms with Gasteiger partial charge in [-0.05, 0) is 62.4 Å². The summed E-state index contributed by atoms with van der Waals surface area (Å²) in [7, 11) is 0. The van der Waals surface area contributed by atoms with Gasteiger partial charge < -0.3 is 25.1 Å². The van der Waals surface area contributed by atoms with Crippen LogP contribution in [0.5, 0.6) is 5.75 Å². The van der Waals surface area contributed by atoms with Crippen LogP contribution < -0.4 is 20.7 Å². The Labute approximate surface area is 175 Å². The molecule has 2 aromatic carbocycles. The first-order valence-electron chi connectivity index (χ1n) is 9.70. The Hall–Kier alpha value is -3.74. The highest BCUT2D eigenvalue weighted by molar-refractivity contribution is 5.96. The van der Waals surface area contributed by atoms with E-state index in [1.807, 2.05) is 38.1 Å². The second-order valence-corrected chi connectivity index (χ2v) is 6.94. The molecular weight excluding hydrogens is 382 g/mol. The lowest BCUT2D eigenvalue weighted by molar-refractivity contribution is -0.114. The summed E-state index contributed by atoms with van der Waals surface area (Å²) in [6.07, 6.45) is 1.64. The molecule has 0 saturated heterocycles. The van der Waals surface area contributed by atoms with Gasteiger partial charge in [0.05, 0.1) is 25.5 Å². The summed E-state index contributed by atoms with van der Waals surface area (Å²) in [5.41, 5.74) is 1.91. The number of anilines is 2. The molecule has 7 nitrogen and oxygen atoms in total. The smallest absolute Gasteiger partial charge is 0.251 e. The second-order valence-electron chi connectivity index (χ2n) is 6.94. The van der Waals surface area contributed by atoms with Crippen molar-refractivity contribution in [3.63, 3.8) is 0 Å². The van der Waals surface area contributed by atoms with Gasteiger partial charge in [0, 0.05) is 23.0 Å². The Morgan fingerprint density at radius 2 is 1.80 bits per heavy atom. The molecule has 0 aliphatic rings. The predicted octanol–water partition coefficient (Wildman–Crippen LogP) is 4.05. The molecule has 3 N–H and O–H groups in total. The lowest BCUT2D eigenvalue weighted by Gasteiger charge is -2.12. The topological polar surface area (TPSA) is 92.6 Å². The number of amides is 2. The van der Waals surface area contributed by atoms with Crippen LogP contribution in [0, 0.1) is 0 Å². The van der Waals surface area contributed by atoms with E-state index in [0.717, 1.165) is 11.4 Å². The summed E-state index contributed by atoms with van der Waals surface area (Å²) in [5.74, 6) is 1.02. The summed E-state index contributed by atoms with van der Waals surface area (Å²) < 4.78 is 10.8. The number of hydrogen-bond acceptors (Lipinski definition) is 5. The van der Waals surface area contributed by atoms with E-state index in [4.69, 9.17) is 9.15 Å². The van der Waals surface area contributed by atoms with Crippen molar-refractivity contribution < 1.29 is 18.7 Å². The number of furan rings is 1. The van der Waals surface area contributed by atoms with E-state index < -0.39 is 0 Å². The van der Waals surface area contributed by atoms with Crippen LogP contribution in [0.3, 0.4) is 0 Å². The van der Waals surface area contributed by atoms with E-state index in [0.29, 0.717) is 23.6 Å². The molecule has 156 valence electrons. The maximum absolute atomic E-state index is 12.2. The number of ether oxygens (including phenoxy) is 1. The first kappa shape index (κ1) is 21.0. The van der Waals surface area contributed by atoms with Crippen molar-refractivity contribution in [2.24, 2.45) is 0 Å². The Bertz CT molecular complexity index is 966. The highest BCUT2D eigenvalue weighted by Crippen LogP contribution is 2.18. The van der Waals surface area contributed by atoms with Gasteiger partial charge in [0.1, 0.15) is 11.5 Å². The zero-order chi connectivity index (χ0) is 21.3. The fraction of sp³-hybridized carbons (Fsp3) is 0.217. The molecule has 1 aromatic heterocycles. The Morgan fingerprint density at radius 3 is 2.50 bits per heavy atom. The Morgan fingerprint density at radius 1 is 1.00 bits per heavy atom. The van der Waals surface area contributed by atoms with Crippen molar-refractivity contribution in [1.82, 2.24) is 5.32 Å². The van der Waals surface area contributed by atoms with Crippen LogP contribution >= 0.6 is 0 Å². The molecule has 0 aliphatic carbocycles. The minimum Gasteiger partial charge on any atom is -0.491 e. The minimum absolute atomic E-state index is 0.0822. The number of carbonyl (C=O) groups excluding carboxylic acids is 2. The van der Waals surface area contributed by atoms with Crippen LogP contribution in [-0.4, -0.2) is 24.5 Å². The molecule has 0 aliphatic heterocycles. The van der Waals surface area contributed by atoms with Crippen molar-refractivity contribution in [3.05, 3.63) is 78.3 Å². The monoisotopic (exact) mass is 407 g/mol. The van der Waals surface area contributed by atoms with Crippen molar-refractivity contribution in [2.75, 3.05) is 17.2 Å². The summed E-state index contributed by atoms with van der Waals surface area (Å²) in [6, 6.07) is 17.7. The van der Waals surface area contributed by atoms with Gasteiger partial charge in [-0.1, -0.05) is 6.07 Å². The third-order valence-electron chi connectivity index (χ3n) is 4.09. The van der Waals surface area contributed by atoms with Crippen molar-refractivity contribution in [1.29, 1.82) is 0 Å². The van der Waals surface area contributed by atoms with Crippen molar-refractivity contribution in [2.45, 2.75) is 26.5 Å². The number of rotatable bonds is 9. The maximum Gasteiger partial charge on any atom is 0.251 e. The molecule has 1 heterocycles. The molecule has 0 spiro atoms. The standard InChI is InChI=1S/C23H25N3O4/c1-16(2)30-20-6-3-5-19(13-20)24-15-22(27)26-18-10-8-17(9-11-18)23(28)25-14-21-7-4-12-29-21/h3-13,16,24H,14-15H2,1-2H3,(H,25,28)(H,26,27). The maximum atomic E-state index is 12.2. The van der Waals surface area contributed by atoms with Gasteiger partial charge in [-0.15, -0.1) is 0 Å². The lowest BCUT2D eigenvalue weighted by atomic mass is 10.2. The molecule has 0 unspecified atom stereocenters. The van der Waals surface area contributed by atoms with Crippen molar-refractivity contribution in [3.8, 4) is 5.75 Å². The number of benzene rings is 2. The zero-order valence-corrected chi connectivity index (χ0v) is 17.0. The minimum atomic E-state index is -0.213. The third kappa shape index (κ3) is 6.41. The van der Waals surface area contributed by atoms with Gasteiger partial charge in [-0.3, -0.25) is 9.59 Å². The number of nitrogens with one attached hydrogen (secondary N) is 3. The predicted molar refractivity (Wildman–Crippen MR) is 116 cm³/mol. The molecule has 0 saturated carbocycles. The normalized spacial score (nSPS) is 10.5. The SMILES string of the molecule is CC(C)Oc1cccc(NCC(=O)Nc2ccc(C(=O)NCc3ccco3)cc2)c1. The summed E-state index contributed by atoms with van der Waals surface area (Å²) in [4.78, 5) is 24.4. The summed E-state index contributed by atoms with van der Waals surface area (Å²) in [6.45, 7) is 4.35. The highest BCUT2D eigenvalue weighted by Gasteiger charge is 2.08. The summed E-state index contributed by atoms with van der Waals surface area (Å²) in [5, 5.41) is 8.65. The van der Waals surface area contributed by atoms with Gasteiger partial charge >= 0.3 is 0 Å². The molecule has 0 atom stereocenters. The van der Waals surface area contributed by atoms with Crippen LogP contribution in [0.15, 0.2) is 71.3 Å². The zero-order valence-electron chi connectivity index (χ0n) is 17.0. The van der Waals surface area contributed by atoms with Crippen LogP contribution in [0.1, 0.15) is 30.0 Å². The molecule has 0 bridgehead atoms. The molecule has 7 heteroatoms. The molecular formula is C23H25N3O4. The first-order chi connectivity index (χ1) is 14.5. The largest absolute Gasteiger partial charge is 0.491 e. The fourth-order valence-corrected chi connectivity index (χ4v) is 2.73. The fourth-order valence-electron chi connectivity index (χ4n) is 2.73. The van der Waals surface area contributed by atoms with E-state index >= 15 is 0 Å². The average molecular weight is 407 g/mol. The highest BCUT2D eigenvalue weighted by atomic mass is 16.5. The Balaban J connectivity index is 1.46. The van der Waals surface area contributed by atoms with Crippen LogP contribution in [0.4, 0.5) is 11.4 Å². The van der Waals surface area contributed by atoms with Crippen molar-refractivity contribution >= 4 is 23.2 Å². The van der Waals surface area contributed by atoms with E-state index in [-0.39, 0.29) is 24.5 Å². The molecule has 30 heavy (non-hydrogen) atoms. The van der Waals surface area contributed by atoms with Crippen LogP contribution in [0.25, 0.3) is 0 Å². The van der Waals surface area contributed by atoms with E-state index in [1.165, 1.54) is 0 Å². The van der Waals surface area contributed by atoms with Gasteiger partial charge in [-0.25, -0.2) is 0 Å². The first-order valence-corrected chi connectivity index (χ1v) is 9.70. The quantitative estimate of drug-likeness (QED) is 0.498. The van der Waals surface area contributed by atoms with E-state index in [2.05, 4.69) is 16.0 Å². The van der Waals surface area contributed by atoms with Gasteiger partial charge in [0.25, 0.3) is 5.91 Å². The van der Waals surface area contributed by atoms with Gasteiger partial charge in [-0.2, -0.15) is 0 Å². The van der Waals surface area contributed by atoms with Crippen LogP contribution in [-0.2, 0) is 11.3 Å². The number of carbonyl (C=O) groups is 2. The lowest BCUT2D eigenvalue weighted by Crippen LogP contribution is -2.23. The van der Waals surface area contributed by atoms with E-state index in [1.54, 1.807) is 42.7 Å². The van der Waals surface area contributed by atoms with E-state index in [9.17, 15) is 9.59 Å². The molecule has 0 radical (unpaired) electrons. The van der Waals surface area contributed by atoms with Gasteiger partial charge in [0.15, 0.2) is 0 Å². The number of hydrogen-bond donors (Lipinski definition) is 3.